The van der Waals surface area contributed by atoms with Crippen molar-refractivity contribution in [2.24, 2.45) is 0 Å². The van der Waals surface area contributed by atoms with Crippen molar-refractivity contribution < 1.29 is 14.3 Å². The average Bonchev–Trinajstić information content (AvgIpc) is 3.27. The Kier molecular flexibility index (Phi) is 4.73. The van der Waals surface area contributed by atoms with Crippen LogP contribution >= 0.6 is 23.1 Å². The lowest BCUT2D eigenvalue weighted by atomic mass is 10.1. The Morgan fingerprint density at radius 2 is 2.39 bits per heavy atom. The number of carbonyl (C=O) groups excluding carboxylic acids is 2. The minimum atomic E-state index is -0.285. The lowest BCUT2D eigenvalue weighted by Gasteiger charge is -2.07. The maximum absolute atomic E-state index is 12.9. The van der Waals surface area contributed by atoms with Gasteiger partial charge in [-0.25, -0.2) is 0 Å². The standard InChI is InChI=1S/C17H17NO3S2/c1-3-7-23-14-9-13-12(17(20)21-2)4-6-18(13)15(14)16(19)11-5-8-22-10-11/h3,5,8-10,12H,1,4,6-7H2,2H3. The van der Waals surface area contributed by atoms with E-state index in [1.165, 1.54) is 18.4 Å². The van der Waals surface area contributed by atoms with E-state index in [9.17, 15) is 9.59 Å². The molecule has 0 N–H and O–H groups in total. The van der Waals surface area contributed by atoms with Crippen LogP contribution in [-0.4, -0.2) is 29.2 Å². The average molecular weight is 347 g/mol. The van der Waals surface area contributed by atoms with Gasteiger partial charge in [0.05, 0.1) is 13.0 Å². The highest BCUT2D eigenvalue weighted by molar-refractivity contribution is 7.99. The van der Waals surface area contributed by atoms with Crippen molar-refractivity contribution in [1.82, 2.24) is 4.57 Å². The molecule has 1 aliphatic rings. The first-order chi connectivity index (χ1) is 11.2. The van der Waals surface area contributed by atoms with E-state index in [1.54, 1.807) is 11.8 Å². The molecule has 4 nitrogen and oxygen atoms in total. The van der Waals surface area contributed by atoms with Crippen molar-refractivity contribution in [3.63, 3.8) is 0 Å². The second kappa shape index (κ2) is 6.76. The van der Waals surface area contributed by atoms with Crippen molar-refractivity contribution in [3.05, 3.63) is 52.5 Å². The smallest absolute Gasteiger partial charge is 0.314 e. The molecule has 0 saturated carbocycles. The molecule has 0 spiro atoms. The van der Waals surface area contributed by atoms with E-state index in [2.05, 4.69) is 6.58 Å². The van der Waals surface area contributed by atoms with E-state index in [4.69, 9.17) is 4.74 Å². The summed E-state index contributed by atoms with van der Waals surface area (Å²) in [5.74, 6) is 0.203. The van der Waals surface area contributed by atoms with Gasteiger partial charge < -0.3 is 9.30 Å². The fraction of sp³-hybridized carbons (Fsp3) is 0.294. The molecule has 6 heteroatoms. The summed E-state index contributed by atoms with van der Waals surface area (Å²) in [5.41, 5.74) is 2.25. The Morgan fingerprint density at radius 1 is 1.57 bits per heavy atom. The molecule has 120 valence electrons. The number of aromatic nitrogens is 1. The number of rotatable bonds is 6. The van der Waals surface area contributed by atoms with Gasteiger partial charge >= 0.3 is 5.97 Å². The third-order valence-corrected chi connectivity index (χ3v) is 5.64. The summed E-state index contributed by atoms with van der Waals surface area (Å²) in [6.45, 7) is 4.40. The van der Waals surface area contributed by atoms with Gasteiger partial charge in [-0.2, -0.15) is 11.3 Å². The van der Waals surface area contributed by atoms with Gasteiger partial charge in [-0.05, 0) is 23.9 Å². The molecular weight excluding hydrogens is 330 g/mol. The Morgan fingerprint density at radius 3 is 3.04 bits per heavy atom. The minimum Gasteiger partial charge on any atom is -0.469 e. The second-order valence-corrected chi connectivity index (χ2v) is 7.08. The van der Waals surface area contributed by atoms with Gasteiger partial charge in [0.2, 0.25) is 5.78 Å². The normalized spacial score (nSPS) is 16.1. The van der Waals surface area contributed by atoms with E-state index in [-0.39, 0.29) is 17.7 Å². The Bertz CT molecular complexity index is 746. The number of methoxy groups -OCH3 is 1. The van der Waals surface area contributed by atoms with Gasteiger partial charge in [0, 0.05) is 33.8 Å². The van der Waals surface area contributed by atoms with Gasteiger partial charge in [0.1, 0.15) is 5.69 Å². The Hall–Kier alpha value is -1.79. The molecule has 0 fully saturated rings. The van der Waals surface area contributed by atoms with Crippen molar-refractivity contribution in [3.8, 4) is 0 Å². The van der Waals surface area contributed by atoms with E-state index >= 15 is 0 Å². The predicted molar refractivity (Wildman–Crippen MR) is 92.5 cm³/mol. The van der Waals surface area contributed by atoms with E-state index < -0.39 is 0 Å². The third kappa shape index (κ3) is 2.88. The van der Waals surface area contributed by atoms with Crippen LogP contribution in [0.5, 0.6) is 0 Å². The summed E-state index contributed by atoms with van der Waals surface area (Å²) in [4.78, 5) is 25.8. The largest absolute Gasteiger partial charge is 0.469 e. The van der Waals surface area contributed by atoms with Crippen LogP contribution in [0.4, 0.5) is 0 Å². The summed E-state index contributed by atoms with van der Waals surface area (Å²) < 4.78 is 6.87. The number of hydrogen-bond acceptors (Lipinski definition) is 5. The summed E-state index contributed by atoms with van der Waals surface area (Å²) in [6.07, 6.45) is 2.49. The zero-order valence-corrected chi connectivity index (χ0v) is 14.4. The van der Waals surface area contributed by atoms with Crippen LogP contribution in [0.1, 0.15) is 34.1 Å². The van der Waals surface area contributed by atoms with Crippen LogP contribution in [0.15, 0.2) is 40.4 Å². The first kappa shape index (κ1) is 16.1. The van der Waals surface area contributed by atoms with Crippen molar-refractivity contribution >= 4 is 34.9 Å². The third-order valence-electron chi connectivity index (χ3n) is 3.93. The highest BCUT2D eigenvalue weighted by atomic mass is 32.2. The van der Waals surface area contributed by atoms with Crippen molar-refractivity contribution in [2.75, 3.05) is 12.9 Å². The molecule has 0 aromatic carbocycles. The summed E-state index contributed by atoms with van der Waals surface area (Å²) in [6, 6.07) is 3.80. The van der Waals surface area contributed by atoms with Crippen LogP contribution in [-0.2, 0) is 16.1 Å². The molecule has 0 aliphatic carbocycles. The van der Waals surface area contributed by atoms with Gasteiger partial charge in [-0.1, -0.05) is 6.08 Å². The number of ether oxygens (including phenoxy) is 1. The molecular formula is C17H17NO3S2. The first-order valence-corrected chi connectivity index (χ1v) is 9.22. The maximum Gasteiger partial charge on any atom is 0.314 e. The van der Waals surface area contributed by atoms with E-state index in [0.717, 1.165) is 16.3 Å². The number of fused-ring (bicyclic) bond motifs is 1. The predicted octanol–water partition coefficient (Wildman–Crippen LogP) is 3.72. The molecule has 23 heavy (non-hydrogen) atoms. The fourth-order valence-corrected chi connectivity index (χ4v) is 4.36. The lowest BCUT2D eigenvalue weighted by molar-refractivity contribution is -0.142. The number of thioether (sulfide) groups is 1. The van der Waals surface area contributed by atoms with Crippen LogP contribution in [0.2, 0.25) is 0 Å². The van der Waals surface area contributed by atoms with E-state index in [0.29, 0.717) is 24.2 Å². The summed E-state index contributed by atoms with van der Waals surface area (Å²) >= 11 is 3.07. The topological polar surface area (TPSA) is 48.3 Å². The number of esters is 1. The SMILES string of the molecule is C=CCSc1cc2n(c1C(=O)c1ccsc1)CCC2C(=O)OC. The Labute approximate surface area is 143 Å². The quantitative estimate of drug-likeness (QED) is 0.346. The molecule has 0 saturated heterocycles. The molecule has 0 bridgehead atoms. The van der Waals surface area contributed by atoms with Crippen LogP contribution in [0.3, 0.4) is 0 Å². The lowest BCUT2D eigenvalue weighted by Crippen LogP contribution is -2.11. The molecule has 0 radical (unpaired) electrons. The molecule has 3 heterocycles. The number of nitrogens with zero attached hydrogens (tertiary/aromatic N) is 1. The molecule has 2 aromatic rings. The molecule has 1 unspecified atom stereocenters. The molecule has 1 atom stereocenters. The minimum absolute atomic E-state index is 0.00887. The van der Waals surface area contributed by atoms with E-state index in [1.807, 2.05) is 33.5 Å². The number of carbonyl (C=O) groups is 2. The number of hydrogen-bond donors (Lipinski definition) is 0. The highest BCUT2D eigenvalue weighted by Gasteiger charge is 2.35. The second-order valence-electron chi connectivity index (χ2n) is 5.24. The van der Waals surface area contributed by atoms with Crippen LogP contribution in [0.25, 0.3) is 0 Å². The van der Waals surface area contributed by atoms with Crippen molar-refractivity contribution in [1.29, 1.82) is 0 Å². The molecule has 2 aromatic heterocycles. The number of ketones is 1. The monoisotopic (exact) mass is 347 g/mol. The zero-order chi connectivity index (χ0) is 16.4. The van der Waals surface area contributed by atoms with Crippen LogP contribution in [0, 0.1) is 0 Å². The van der Waals surface area contributed by atoms with Gasteiger partial charge in [-0.3, -0.25) is 9.59 Å². The highest BCUT2D eigenvalue weighted by Crippen LogP contribution is 2.38. The van der Waals surface area contributed by atoms with Crippen molar-refractivity contribution in [2.45, 2.75) is 23.8 Å². The zero-order valence-electron chi connectivity index (χ0n) is 12.8. The Balaban J connectivity index is 2.05. The fourth-order valence-electron chi connectivity index (χ4n) is 2.88. The number of thiophene rings is 1. The molecule has 1 aliphatic heterocycles. The maximum atomic E-state index is 12.9. The first-order valence-electron chi connectivity index (χ1n) is 7.29. The van der Waals surface area contributed by atoms with Gasteiger partial charge in [0.25, 0.3) is 0 Å². The molecule has 3 rings (SSSR count). The van der Waals surface area contributed by atoms with Gasteiger partial charge in [-0.15, -0.1) is 18.3 Å². The molecule has 0 amide bonds. The van der Waals surface area contributed by atoms with Gasteiger partial charge in [0.15, 0.2) is 0 Å². The summed E-state index contributed by atoms with van der Waals surface area (Å²) in [7, 11) is 1.40. The van der Waals surface area contributed by atoms with Crippen LogP contribution < -0.4 is 0 Å². The summed E-state index contributed by atoms with van der Waals surface area (Å²) in [5, 5.41) is 3.76.